The van der Waals surface area contributed by atoms with Crippen molar-refractivity contribution in [1.82, 2.24) is 4.98 Å². The highest BCUT2D eigenvalue weighted by atomic mass is 16.5. The van der Waals surface area contributed by atoms with Crippen LogP contribution in [0.25, 0.3) is 10.9 Å². The number of carbonyl (C=O) groups is 2. The SMILES string of the molecule is CCOc1ccc(C(=O)OCC(=O)c2c[nH]c3ccccc23)cc1OC. The highest BCUT2D eigenvalue weighted by Gasteiger charge is 2.16. The minimum absolute atomic E-state index is 0.270. The van der Waals surface area contributed by atoms with Crippen molar-refractivity contribution in [2.75, 3.05) is 20.3 Å². The van der Waals surface area contributed by atoms with Crippen LogP contribution in [0.2, 0.25) is 0 Å². The Bertz CT molecular complexity index is 944. The van der Waals surface area contributed by atoms with Gasteiger partial charge in [-0.15, -0.1) is 0 Å². The Labute approximate surface area is 150 Å². The van der Waals surface area contributed by atoms with Gasteiger partial charge >= 0.3 is 5.97 Å². The van der Waals surface area contributed by atoms with E-state index in [9.17, 15) is 9.59 Å². The van der Waals surface area contributed by atoms with Crippen molar-refractivity contribution in [3.8, 4) is 11.5 Å². The standard InChI is InChI=1S/C20H19NO5/c1-3-25-18-9-8-13(10-19(18)24-2)20(23)26-12-17(22)15-11-21-16-7-5-4-6-14(15)16/h4-11,21H,3,12H2,1-2H3. The second-order valence-corrected chi connectivity index (χ2v) is 5.55. The number of aromatic amines is 1. The zero-order chi connectivity index (χ0) is 18.5. The van der Waals surface area contributed by atoms with Gasteiger partial charge < -0.3 is 19.2 Å². The summed E-state index contributed by atoms with van der Waals surface area (Å²) in [5.74, 6) is 0.110. The van der Waals surface area contributed by atoms with Crippen molar-refractivity contribution in [2.24, 2.45) is 0 Å². The fourth-order valence-electron chi connectivity index (χ4n) is 2.66. The number of nitrogens with one attached hydrogen (secondary N) is 1. The van der Waals surface area contributed by atoms with E-state index in [0.717, 1.165) is 10.9 Å². The van der Waals surface area contributed by atoms with Crippen LogP contribution in [-0.4, -0.2) is 37.1 Å². The van der Waals surface area contributed by atoms with Crippen LogP contribution in [0.15, 0.2) is 48.7 Å². The fourth-order valence-corrected chi connectivity index (χ4v) is 2.66. The Morgan fingerprint density at radius 2 is 1.88 bits per heavy atom. The third-order valence-electron chi connectivity index (χ3n) is 3.92. The molecule has 0 aliphatic rings. The zero-order valence-electron chi connectivity index (χ0n) is 14.6. The van der Waals surface area contributed by atoms with Crippen molar-refractivity contribution in [1.29, 1.82) is 0 Å². The maximum Gasteiger partial charge on any atom is 0.338 e. The molecular formula is C20H19NO5. The monoisotopic (exact) mass is 353 g/mol. The van der Waals surface area contributed by atoms with Crippen LogP contribution in [0.5, 0.6) is 11.5 Å². The molecule has 26 heavy (non-hydrogen) atoms. The molecule has 0 atom stereocenters. The summed E-state index contributed by atoms with van der Waals surface area (Å²) in [5.41, 5.74) is 1.65. The molecule has 0 radical (unpaired) electrons. The van der Waals surface area contributed by atoms with Crippen LogP contribution < -0.4 is 9.47 Å². The molecular weight excluding hydrogens is 334 g/mol. The summed E-state index contributed by atoms with van der Waals surface area (Å²) in [5, 5.41) is 0.802. The number of rotatable bonds is 7. The second kappa shape index (κ2) is 7.74. The molecule has 0 spiro atoms. The quantitative estimate of drug-likeness (QED) is 0.518. The number of benzene rings is 2. The smallest absolute Gasteiger partial charge is 0.338 e. The first-order valence-corrected chi connectivity index (χ1v) is 8.21. The van der Waals surface area contributed by atoms with Crippen molar-refractivity contribution in [2.45, 2.75) is 6.92 Å². The van der Waals surface area contributed by atoms with Crippen LogP contribution in [0.4, 0.5) is 0 Å². The summed E-state index contributed by atoms with van der Waals surface area (Å²) in [6.45, 7) is 2.01. The molecule has 134 valence electrons. The van der Waals surface area contributed by atoms with Crippen molar-refractivity contribution in [3.05, 3.63) is 59.8 Å². The Morgan fingerprint density at radius 1 is 1.08 bits per heavy atom. The first-order valence-electron chi connectivity index (χ1n) is 8.21. The van der Waals surface area contributed by atoms with Crippen LogP contribution in [0.1, 0.15) is 27.6 Å². The molecule has 0 aliphatic heterocycles. The zero-order valence-corrected chi connectivity index (χ0v) is 14.6. The van der Waals surface area contributed by atoms with E-state index in [2.05, 4.69) is 4.98 Å². The highest BCUT2D eigenvalue weighted by molar-refractivity contribution is 6.09. The summed E-state index contributed by atoms with van der Waals surface area (Å²) in [6.07, 6.45) is 1.63. The molecule has 0 amide bonds. The maximum atomic E-state index is 12.4. The summed E-state index contributed by atoms with van der Waals surface area (Å²) in [4.78, 5) is 27.6. The molecule has 6 heteroatoms. The minimum atomic E-state index is -0.598. The number of aromatic nitrogens is 1. The summed E-state index contributed by atoms with van der Waals surface area (Å²) in [7, 11) is 1.49. The molecule has 3 rings (SSSR count). The maximum absolute atomic E-state index is 12.4. The molecule has 0 saturated heterocycles. The lowest BCUT2D eigenvalue weighted by molar-refractivity contribution is 0.0475. The van der Waals surface area contributed by atoms with Crippen LogP contribution in [-0.2, 0) is 4.74 Å². The predicted octanol–water partition coefficient (Wildman–Crippen LogP) is 3.61. The summed E-state index contributed by atoms with van der Waals surface area (Å²) in [6, 6.07) is 12.2. The number of H-pyrrole nitrogens is 1. The minimum Gasteiger partial charge on any atom is -0.493 e. The number of carbonyl (C=O) groups excluding carboxylic acids is 2. The first kappa shape index (κ1) is 17.5. The molecule has 6 nitrogen and oxygen atoms in total. The lowest BCUT2D eigenvalue weighted by Gasteiger charge is -2.10. The van der Waals surface area contributed by atoms with Gasteiger partial charge in [0.2, 0.25) is 5.78 Å². The van der Waals surface area contributed by atoms with E-state index in [0.29, 0.717) is 23.7 Å². The number of fused-ring (bicyclic) bond motifs is 1. The molecule has 1 N–H and O–H groups in total. The molecule has 0 saturated carbocycles. The Kier molecular flexibility index (Phi) is 5.22. The molecule has 0 unspecified atom stereocenters. The van der Waals surface area contributed by atoms with E-state index in [-0.39, 0.29) is 18.0 Å². The van der Waals surface area contributed by atoms with Gasteiger partial charge in [-0.25, -0.2) is 4.79 Å². The largest absolute Gasteiger partial charge is 0.493 e. The van der Waals surface area contributed by atoms with E-state index in [1.807, 2.05) is 31.2 Å². The van der Waals surface area contributed by atoms with Crippen LogP contribution in [0.3, 0.4) is 0 Å². The molecule has 0 bridgehead atoms. The summed E-state index contributed by atoms with van der Waals surface area (Å²) < 4.78 is 15.8. The van der Waals surface area contributed by atoms with E-state index in [1.165, 1.54) is 13.2 Å². The number of hydrogen-bond donors (Lipinski definition) is 1. The highest BCUT2D eigenvalue weighted by Crippen LogP contribution is 2.28. The first-order chi connectivity index (χ1) is 12.6. The van der Waals surface area contributed by atoms with Gasteiger partial charge in [-0.3, -0.25) is 4.79 Å². The lowest BCUT2D eigenvalue weighted by atomic mass is 10.1. The second-order valence-electron chi connectivity index (χ2n) is 5.55. The number of Topliss-reactive ketones (excluding diaryl/α,β-unsaturated/α-hetero) is 1. The Hall–Kier alpha value is -3.28. The Balaban J connectivity index is 1.69. The third-order valence-corrected chi connectivity index (χ3v) is 3.92. The van der Waals surface area contributed by atoms with Gasteiger partial charge in [0.05, 0.1) is 19.3 Å². The van der Waals surface area contributed by atoms with E-state index in [1.54, 1.807) is 18.3 Å². The van der Waals surface area contributed by atoms with Crippen LogP contribution >= 0.6 is 0 Å². The van der Waals surface area contributed by atoms with Gasteiger partial charge in [0.25, 0.3) is 0 Å². The average Bonchev–Trinajstić information content (AvgIpc) is 3.10. The molecule has 0 fully saturated rings. The number of para-hydroxylation sites is 1. The van der Waals surface area contributed by atoms with Gasteiger partial charge in [-0.2, -0.15) is 0 Å². The van der Waals surface area contributed by atoms with Crippen molar-refractivity contribution in [3.63, 3.8) is 0 Å². The molecule has 1 heterocycles. The normalized spacial score (nSPS) is 10.5. The number of ether oxygens (including phenoxy) is 3. The predicted molar refractivity (Wildman–Crippen MR) is 97.1 cm³/mol. The van der Waals surface area contributed by atoms with Crippen molar-refractivity contribution < 1.29 is 23.8 Å². The average molecular weight is 353 g/mol. The number of esters is 1. The van der Waals surface area contributed by atoms with E-state index < -0.39 is 5.97 Å². The number of ketones is 1. The Morgan fingerprint density at radius 3 is 2.65 bits per heavy atom. The van der Waals surface area contributed by atoms with Gasteiger partial charge in [-0.1, -0.05) is 18.2 Å². The molecule has 2 aromatic carbocycles. The topological polar surface area (TPSA) is 77.6 Å². The van der Waals surface area contributed by atoms with Gasteiger partial charge in [-0.05, 0) is 31.2 Å². The third kappa shape index (κ3) is 3.54. The lowest BCUT2D eigenvalue weighted by Crippen LogP contribution is -2.14. The van der Waals surface area contributed by atoms with Crippen LogP contribution in [0, 0.1) is 0 Å². The van der Waals surface area contributed by atoms with Gasteiger partial charge in [0, 0.05) is 22.7 Å². The number of hydrogen-bond acceptors (Lipinski definition) is 5. The molecule has 3 aromatic rings. The van der Waals surface area contributed by atoms with Gasteiger partial charge in [0.1, 0.15) is 0 Å². The van der Waals surface area contributed by atoms with Gasteiger partial charge in [0.15, 0.2) is 18.1 Å². The number of methoxy groups -OCH3 is 1. The van der Waals surface area contributed by atoms with E-state index >= 15 is 0 Å². The van der Waals surface area contributed by atoms with E-state index in [4.69, 9.17) is 14.2 Å². The fraction of sp³-hybridized carbons (Fsp3) is 0.200. The van der Waals surface area contributed by atoms with Crippen molar-refractivity contribution >= 4 is 22.7 Å². The summed E-state index contributed by atoms with van der Waals surface area (Å²) >= 11 is 0. The molecule has 0 aliphatic carbocycles. The molecule has 1 aromatic heterocycles.